The summed E-state index contributed by atoms with van der Waals surface area (Å²) in [6, 6.07) is -0.209. The third kappa shape index (κ3) is 1.78. The van der Waals surface area contributed by atoms with E-state index in [9.17, 15) is 4.79 Å². The Morgan fingerprint density at radius 3 is 2.50 bits per heavy atom. The van der Waals surface area contributed by atoms with Crippen LogP contribution in [0.15, 0.2) is 0 Å². The Morgan fingerprint density at radius 1 is 1.58 bits per heavy atom. The molecule has 3 nitrogen and oxygen atoms in total. The summed E-state index contributed by atoms with van der Waals surface area (Å²) < 4.78 is 0. The maximum atomic E-state index is 11.1. The van der Waals surface area contributed by atoms with Crippen LogP contribution in [0.5, 0.6) is 0 Å². The minimum Gasteiger partial charge on any atom is -0.339 e. The molecule has 3 heteroatoms. The van der Waals surface area contributed by atoms with Gasteiger partial charge in [0, 0.05) is 13.1 Å². The lowest BCUT2D eigenvalue weighted by atomic mass is 9.99. The SMILES string of the molecule is CCC(CC)CN1CC(N)C1=O. The van der Waals surface area contributed by atoms with Crippen LogP contribution in [0.4, 0.5) is 0 Å². The number of carbonyl (C=O) groups is 1. The van der Waals surface area contributed by atoms with E-state index in [0.717, 1.165) is 25.9 Å². The largest absolute Gasteiger partial charge is 0.339 e. The lowest BCUT2D eigenvalue weighted by Gasteiger charge is -2.38. The number of β-lactam (4-membered cyclic amide) rings is 1. The van der Waals surface area contributed by atoms with Crippen molar-refractivity contribution in [2.45, 2.75) is 32.7 Å². The van der Waals surface area contributed by atoms with Gasteiger partial charge in [0.15, 0.2) is 0 Å². The topological polar surface area (TPSA) is 46.3 Å². The monoisotopic (exact) mass is 170 g/mol. The van der Waals surface area contributed by atoms with Crippen LogP contribution in [-0.2, 0) is 4.79 Å². The van der Waals surface area contributed by atoms with Gasteiger partial charge in [-0.25, -0.2) is 0 Å². The molecule has 1 rings (SSSR count). The lowest BCUT2D eigenvalue weighted by Crippen LogP contribution is -2.61. The minimum absolute atomic E-state index is 0.127. The molecular weight excluding hydrogens is 152 g/mol. The van der Waals surface area contributed by atoms with Gasteiger partial charge < -0.3 is 10.6 Å². The van der Waals surface area contributed by atoms with E-state index in [1.54, 1.807) is 0 Å². The zero-order valence-corrected chi connectivity index (χ0v) is 7.92. The van der Waals surface area contributed by atoms with Crippen molar-refractivity contribution in [1.82, 2.24) is 4.90 Å². The molecule has 0 spiro atoms. The van der Waals surface area contributed by atoms with Gasteiger partial charge in [-0.15, -0.1) is 0 Å². The number of hydrogen-bond donors (Lipinski definition) is 1. The van der Waals surface area contributed by atoms with Crippen LogP contribution >= 0.6 is 0 Å². The molecule has 2 N–H and O–H groups in total. The molecule has 1 atom stereocenters. The summed E-state index contributed by atoms with van der Waals surface area (Å²) in [5.41, 5.74) is 5.48. The number of carbonyl (C=O) groups excluding carboxylic acids is 1. The molecule has 1 heterocycles. The summed E-state index contributed by atoms with van der Waals surface area (Å²) in [6.07, 6.45) is 2.30. The second-order valence-corrected chi connectivity index (χ2v) is 3.53. The van der Waals surface area contributed by atoms with Crippen LogP contribution in [0.3, 0.4) is 0 Å². The van der Waals surface area contributed by atoms with E-state index in [0.29, 0.717) is 5.92 Å². The van der Waals surface area contributed by atoms with Gasteiger partial charge in [-0.3, -0.25) is 4.79 Å². The van der Waals surface area contributed by atoms with Gasteiger partial charge >= 0.3 is 0 Å². The van der Waals surface area contributed by atoms with Crippen LogP contribution in [-0.4, -0.2) is 29.9 Å². The molecule has 1 aliphatic rings. The van der Waals surface area contributed by atoms with E-state index in [1.165, 1.54) is 0 Å². The number of amides is 1. The van der Waals surface area contributed by atoms with Gasteiger partial charge in [-0.05, 0) is 5.92 Å². The number of likely N-dealkylation sites (tertiary alicyclic amines) is 1. The van der Waals surface area contributed by atoms with Crippen molar-refractivity contribution in [3.63, 3.8) is 0 Å². The molecule has 1 fully saturated rings. The second kappa shape index (κ2) is 3.90. The molecule has 12 heavy (non-hydrogen) atoms. The zero-order valence-electron chi connectivity index (χ0n) is 7.92. The number of hydrogen-bond acceptors (Lipinski definition) is 2. The maximum Gasteiger partial charge on any atom is 0.241 e. The fourth-order valence-corrected chi connectivity index (χ4v) is 1.55. The summed E-state index contributed by atoms with van der Waals surface area (Å²) in [6.45, 7) is 5.99. The van der Waals surface area contributed by atoms with E-state index >= 15 is 0 Å². The van der Waals surface area contributed by atoms with Crippen molar-refractivity contribution in [3.05, 3.63) is 0 Å². The molecule has 0 aromatic rings. The normalized spacial score (nSPS) is 23.2. The lowest BCUT2D eigenvalue weighted by molar-refractivity contribution is -0.143. The third-order valence-electron chi connectivity index (χ3n) is 2.68. The van der Waals surface area contributed by atoms with E-state index in [1.807, 2.05) is 4.90 Å². The van der Waals surface area contributed by atoms with Gasteiger partial charge in [0.2, 0.25) is 5.91 Å². The third-order valence-corrected chi connectivity index (χ3v) is 2.68. The molecule has 70 valence electrons. The van der Waals surface area contributed by atoms with Crippen molar-refractivity contribution in [1.29, 1.82) is 0 Å². The van der Waals surface area contributed by atoms with Crippen molar-refractivity contribution in [2.24, 2.45) is 11.7 Å². The van der Waals surface area contributed by atoms with Gasteiger partial charge in [0.05, 0.1) is 0 Å². The molecule has 0 aromatic heterocycles. The first kappa shape index (κ1) is 9.52. The number of nitrogens with zero attached hydrogens (tertiary/aromatic N) is 1. The molecule has 0 saturated carbocycles. The highest BCUT2D eigenvalue weighted by Gasteiger charge is 2.33. The van der Waals surface area contributed by atoms with E-state index in [2.05, 4.69) is 13.8 Å². The Morgan fingerprint density at radius 2 is 2.17 bits per heavy atom. The Balaban J connectivity index is 2.28. The Kier molecular flexibility index (Phi) is 3.09. The molecule has 0 radical (unpaired) electrons. The number of nitrogens with two attached hydrogens (primary N) is 1. The highest BCUT2D eigenvalue weighted by molar-refractivity contribution is 5.87. The molecule has 1 unspecified atom stereocenters. The average molecular weight is 170 g/mol. The minimum atomic E-state index is -0.209. The molecule has 1 aliphatic heterocycles. The Labute approximate surface area is 73.9 Å². The predicted molar refractivity (Wildman–Crippen MR) is 48.6 cm³/mol. The van der Waals surface area contributed by atoms with Crippen LogP contribution in [0.1, 0.15) is 26.7 Å². The predicted octanol–water partition coefficient (Wildman–Crippen LogP) is 0.592. The smallest absolute Gasteiger partial charge is 0.241 e. The van der Waals surface area contributed by atoms with E-state index in [4.69, 9.17) is 5.73 Å². The molecule has 1 amide bonds. The van der Waals surface area contributed by atoms with Crippen molar-refractivity contribution in [3.8, 4) is 0 Å². The van der Waals surface area contributed by atoms with Crippen LogP contribution in [0.2, 0.25) is 0 Å². The van der Waals surface area contributed by atoms with Gasteiger partial charge in [-0.2, -0.15) is 0 Å². The summed E-state index contributed by atoms with van der Waals surface area (Å²) in [5.74, 6) is 0.781. The fraction of sp³-hybridized carbons (Fsp3) is 0.889. The van der Waals surface area contributed by atoms with E-state index in [-0.39, 0.29) is 11.9 Å². The summed E-state index contributed by atoms with van der Waals surface area (Å²) in [5, 5.41) is 0. The van der Waals surface area contributed by atoms with Crippen LogP contribution < -0.4 is 5.73 Å². The Hall–Kier alpha value is -0.570. The fourth-order valence-electron chi connectivity index (χ4n) is 1.55. The maximum absolute atomic E-state index is 11.1. The number of rotatable bonds is 4. The van der Waals surface area contributed by atoms with Crippen molar-refractivity contribution < 1.29 is 4.79 Å². The summed E-state index contributed by atoms with van der Waals surface area (Å²) >= 11 is 0. The standard InChI is InChI=1S/C9H18N2O/c1-3-7(4-2)5-11-6-8(10)9(11)12/h7-8H,3-6,10H2,1-2H3. The first-order chi connectivity index (χ1) is 5.69. The van der Waals surface area contributed by atoms with Gasteiger partial charge in [0.25, 0.3) is 0 Å². The molecular formula is C9H18N2O. The van der Waals surface area contributed by atoms with Crippen LogP contribution in [0, 0.1) is 5.92 Å². The zero-order chi connectivity index (χ0) is 9.14. The first-order valence-corrected chi connectivity index (χ1v) is 4.73. The van der Waals surface area contributed by atoms with E-state index < -0.39 is 0 Å². The van der Waals surface area contributed by atoms with Crippen molar-refractivity contribution >= 4 is 5.91 Å². The molecule has 0 bridgehead atoms. The molecule has 1 saturated heterocycles. The Bertz CT molecular complexity index is 166. The van der Waals surface area contributed by atoms with Crippen LogP contribution in [0.25, 0.3) is 0 Å². The highest BCUT2D eigenvalue weighted by atomic mass is 16.2. The van der Waals surface area contributed by atoms with Gasteiger partial charge in [-0.1, -0.05) is 26.7 Å². The van der Waals surface area contributed by atoms with Crippen molar-refractivity contribution in [2.75, 3.05) is 13.1 Å². The van der Waals surface area contributed by atoms with Gasteiger partial charge in [0.1, 0.15) is 6.04 Å². The summed E-state index contributed by atoms with van der Waals surface area (Å²) in [7, 11) is 0. The average Bonchev–Trinajstić information content (AvgIpc) is 2.11. The second-order valence-electron chi connectivity index (χ2n) is 3.53. The molecule has 0 aliphatic carbocycles. The quantitative estimate of drug-likeness (QED) is 0.628. The molecule has 0 aromatic carbocycles. The summed E-state index contributed by atoms with van der Waals surface area (Å²) in [4.78, 5) is 13.0. The first-order valence-electron chi connectivity index (χ1n) is 4.73. The highest BCUT2D eigenvalue weighted by Crippen LogP contribution is 2.15.